The average Bonchev–Trinajstić information content (AvgIpc) is 3.00. The Labute approximate surface area is 179 Å². The van der Waals surface area contributed by atoms with Gasteiger partial charge in [-0.25, -0.2) is 0 Å². The SMILES string of the molecule is CC(C)CCC[C@@H](C)[C@H]1CC[C@H]2[C@@H]3CC(O)=C4CC(O)CC[C@]4(C)[C@H]3CC[C@]12C. The fraction of sp³-hybridized carbons (Fsp3) is 0.926. The van der Waals surface area contributed by atoms with Crippen LogP contribution in [0.3, 0.4) is 0 Å². The molecule has 2 heteroatoms. The molecular weight excluding hydrogens is 356 g/mol. The van der Waals surface area contributed by atoms with E-state index in [1.807, 2.05) is 0 Å². The van der Waals surface area contributed by atoms with E-state index in [9.17, 15) is 10.2 Å². The minimum Gasteiger partial charge on any atom is -0.512 e. The van der Waals surface area contributed by atoms with Crippen molar-refractivity contribution in [1.82, 2.24) is 0 Å². The van der Waals surface area contributed by atoms with Crippen molar-refractivity contribution in [2.24, 2.45) is 46.3 Å². The summed E-state index contributed by atoms with van der Waals surface area (Å²) in [6.45, 7) is 12.3. The van der Waals surface area contributed by atoms with Gasteiger partial charge >= 0.3 is 0 Å². The van der Waals surface area contributed by atoms with Gasteiger partial charge in [-0.3, -0.25) is 0 Å². The average molecular weight is 403 g/mol. The molecule has 2 nitrogen and oxygen atoms in total. The van der Waals surface area contributed by atoms with Gasteiger partial charge in [0, 0.05) is 6.42 Å². The highest BCUT2D eigenvalue weighted by molar-refractivity contribution is 5.28. The normalized spacial score (nSPS) is 45.7. The largest absolute Gasteiger partial charge is 0.512 e. The van der Waals surface area contributed by atoms with Crippen LogP contribution >= 0.6 is 0 Å². The molecule has 4 aliphatic rings. The lowest BCUT2D eigenvalue weighted by Crippen LogP contribution is -2.51. The molecule has 0 aliphatic heterocycles. The molecule has 3 fully saturated rings. The van der Waals surface area contributed by atoms with Gasteiger partial charge in [-0.1, -0.05) is 53.9 Å². The Morgan fingerprint density at radius 1 is 0.931 bits per heavy atom. The summed E-state index contributed by atoms with van der Waals surface area (Å²) in [5.74, 6) is 5.35. The van der Waals surface area contributed by atoms with Gasteiger partial charge in [-0.15, -0.1) is 0 Å². The molecule has 1 unspecified atom stereocenters. The number of hydrogen-bond donors (Lipinski definition) is 2. The van der Waals surface area contributed by atoms with Crippen LogP contribution in [0.5, 0.6) is 0 Å². The maximum atomic E-state index is 11.0. The van der Waals surface area contributed by atoms with Crippen LogP contribution in [0.2, 0.25) is 0 Å². The Balaban J connectivity index is 1.53. The molecule has 3 saturated carbocycles. The molecule has 0 aromatic carbocycles. The van der Waals surface area contributed by atoms with Crippen molar-refractivity contribution in [1.29, 1.82) is 0 Å². The molecular formula is C27H46O2. The molecule has 0 aromatic heterocycles. The van der Waals surface area contributed by atoms with Crippen molar-refractivity contribution in [2.45, 2.75) is 111 Å². The third-order valence-electron chi connectivity index (χ3n) is 10.4. The number of aliphatic hydroxyl groups excluding tert-OH is 2. The van der Waals surface area contributed by atoms with Crippen LogP contribution in [-0.2, 0) is 0 Å². The minimum absolute atomic E-state index is 0.133. The summed E-state index contributed by atoms with van der Waals surface area (Å²) in [6, 6.07) is 0. The van der Waals surface area contributed by atoms with Gasteiger partial charge < -0.3 is 10.2 Å². The van der Waals surface area contributed by atoms with Gasteiger partial charge in [-0.05, 0) is 96.9 Å². The number of rotatable bonds is 5. The molecule has 2 N–H and O–H groups in total. The highest BCUT2D eigenvalue weighted by Crippen LogP contribution is 2.68. The molecule has 0 heterocycles. The molecule has 0 radical (unpaired) electrons. The first-order chi connectivity index (χ1) is 13.7. The summed E-state index contributed by atoms with van der Waals surface area (Å²) < 4.78 is 0. The van der Waals surface area contributed by atoms with E-state index >= 15 is 0 Å². The third-order valence-corrected chi connectivity index (χ3v) is 10.4. The van der Waals surface area contributed by atoms with E-state index in [1.54, 1.807) is 0 Å². The van der Waals surface area contributed by atoms with Gasteiger partial charge in [-0.2, -0.15) is 0 Å². The fourth-order valence-corrected chi connectivity index (χ4v) is 8.78. The van der Waals surface area contributed by atoms with Crippen LogP contribution < -0.4 is 0 Å². The Morgan fingerprint density at radius 2 is 1.69 bits per heavy atom. The fourth-order valence-electron chi connectivity index (χ4n) is 8.78. The van der Waals surface area contributed by atoms with E-state index in [-0.39, 0.29) is 11.5 Å². The minimum atomic E-state index is -0.242. The van der Waals surface area contributed by atoms with Gasteiger partial charge in [0.25, 0.3) is 0 Å². The van der Waals surface area contributed by atoms with Crippen LogP contribution in [0, 0.1) is 46.3 Å². The Hall–Kier alpha value is -0.500. The zero-order valence-electron chi connectivity index (χ0n) is 19.7. The Kier molecular flexibility index (Phi) is 5.90. The first-order valence-corrected chi connectivity index (χ1v) is 12.8. The predicted molar refractivity (Wildman–Crippen MR) is 121 cm³/mol. The lowest BCUT2D eigenvalue weighted by Gasteiger charge is -2.58. The molecule has 4 rings (SSSR count). The zero-order chi connectivity index (χ0) is 21.0. The molecule has 0 aromatic rings. The summed E-state index contributed by atoms with van der Waals surface area (Å²) in [5.41, 5.74) is 1.83. The van der Waals surface area contributed by atoms with E-state index in [4.69, 9.17) is 0 Å². The van der Waals surface area contributed by atoms with Crippen molar-refractivity contribution in [3.63, 3.8) is 0 Å². The number of aliphatic hydroxyl groups is 2. The maximum absolute atomic E-state index is 11.0. The monoisotopic (exact) mass is 402 g/mol. The summed E-state index contributed by atoms with van der Waals surface area (Å²) >= 11 is 0. The summed E-state index contributed by atoms with van der Waals surface area (Å²) in [5, 5.41) is 21.3. The molecule has 166 valence electrons. The molecule has 4 aliphatic carbocycles. The van der Waals surface area contributed by atoms with Gasteiger partial charge in [0.15, 0.2) is 0 Å². The van der Waals surface area contributed by atoms with Crippen molar-refractivity contribution >= 4 is 0 Å². The van der Waals surface area contributed by atoms with Crippen molar-refractivity contribution in [2.75, 3.05) is 0 Å². The van der Waals surface area contributed by atoms with Gasteiger partial charge in [0.05, 0.1) is 11.9 Å². The summed E-state index contributed by atoms with van der Waals surface area (Å²) in [7, 11) is 0. The maximum Gasteiger partial charge on any atom is 0.0924 e. The van der Waals surface area contributed by atoms with E-state index in [0.717, 1.165) is 42.9 Å². The standard InChI is InChI=1S/C27H46O2/c1-17(2)7-6-8-18(3)21-9-10-22-20-16-25(29)24-15-19(28)11-13-27(24,5)23(20)12-14-26(21,22)4/h17-23,28-29H,6-16H2,1-5H3/t18-,19?,20+,21-,22+,23+,26-,27-/m1/s1. The number of fused-ring (bicyclic) bond motifs is 5. The van der Waals surface area contributed by atoms with E-state index < -0.39 is 0 Å². The van der Waals surface area contributed by atoms with E-state index in [1.165, 1.54) is 50.5 Å². The molecule has 29 heavy (non-hydrogen) atoms. The molecule has 0 saturated heterocycles. The number of allylic oxidation sites excluding steroid dienone is 1. The highest BCUT2D eigenvalue weighted by atomic mass is 16.3. The van der Waals surface area contributed by atoms with Crippen LogP contribution in [0.4, 0.5) is 0 Å². The molecule has 0 spiro atoms. The summed E-state index contributed by atoms with van der Waals surface area (Å²) in [6.07, 6.45) is 13.0. The van der Waals surface area contributed by atoms with Gasteiger partial charge in [0.2, 0.25) is 0 Å². The van der Waals surface area contributed by atoms with E-state index in [2.05, 4.69) is 34.6 Å². The van der Waals surface area contributed by atoms with Crippen LogP contribution in [-0.4, -0.2) is 16.3 Å². The van der Waals surface area contributed by atoms with Crippen molar-refractivity contribution in [3.05, 3.63) is 11.3 Å². The zero-order valence-corrected chi connectivity index (χ0v) is 19.7. The molecule has 0 bridgehead atoms. The molecule has 8 atom stereocenters. The first-order valence-electron chi connectivity index (χ1n) is 12.8. The topological polar surface area (TPSA) is 40.5 Å². The van der Waals surface area contributed by atoms with Crippen LogP contribution in [0.15, 0.2) is 11.3 Å². The van der Waals surface area contributed by atoms with Crippen molar-refractivity contribution in [3.8, 4) is 0 Å². The molecule has 0 amide bonds. The van der Waals surface area contributed by atoms with Gasteiger partial charge in [0.1, 0.15) is 0 Å². The lowest BCUT2D eigenvalue weighted by atomic mass is 9.46. The van der Waals surface area contributed by atoms with Crippen molar-refractivity contribution < 1.29 is 10.2 Å². The Morgan fingerprint density at radius 3 is 2.41 bits per heavy atom. The highest BCUT2D eigenvalue weighted by Gasteiger charge is 2.60. The second-order valence-electron chi connectivity index (χ2n) is 12.4. The van der Waals surface area contributed by atoms with Crippen LogP contribution in [0.25, 0.3) is 0 Å². The third kappa shape index (κ3) is 3.60. The summed E-state index contributed by atoms with van der Waals surface area (Å²) in [4.78, 5) is 0. The van der Waals surface area contributed by atoms with E-state index in [0.29, 0.717) is 29.4 Å². The second-order valence-corrected chi connectivity index (χ2v) is 12.4. The number of hydrogen-bond acceptors (Lipinski definition) is 2. The quantitative estimate of drug-likeness (QED) is 0.507. The first kappa shape index (κ1) is 21.7. The smallest absolute Gasteiger partial charge is 0.0924 e. The second kappa shape index (κ2) is 7.88. The van der Waals surface area contributed by atoms with Crippen LogP contribution in [0.1, 0.15) is 105 Å². The Bertz CT molecular complexity index is 636. The predicted octanol–water partition coefficient (Wildman–Crippen LogP) is 7.27. The lowest BCUT2D eigenvalue weighted by molar-refractivity contribution is -0.0663.